The second-order valence-electron chi connectivity index (χ2n) is 3.04. The van der Waals surface area contributed by atoms with Gasteiger partial charge in [-0.2, -0.15) is 10.4 Å². The Morgan fingerprint density at radius 2 is 2.57 bits per heavy atom. The van der Waals surface area contributed by atoms with Crippen molar-refractivity contribution in [2.75, 3.05) is 13.2 Å². The van der Waals surface area contributed by atoms with Crippen molar-refractivity contribution in [2.24, 2.45) is 7.05 Å². The van der Waals surface area contributed by atoms with Crippen molar-refractivity contribution < 1.29 is 5.11 Å². The van der Waals surface area contributed by atoms with Crippen molar-refractivity contribution in [3.63, 3.8) is 0 Å². The Hall–Kier alpha value is -1.38. The third-order valence-corrected chi connectivity index (χ3v) is 1.87. The summed E-state index contributed by atoms with van der Waals surface area (Å²) in [7, 11) is 1.81. The summed E-state index contributed by atoms with van der Waals surface area (Å²) in [5.74, 6) is 0. The third kappa shape index (κ3) is 2.83. The highest BCUT2D eigenvalue weighted by molar-refractivity contribution is 5.17. The molecule has 1 aromatic heterocycles. The van der Waals surface area contributed by atoms with Gasteiger partial charge in [-0.3, -0.25) is 10.00 Å². The lowest BCUT2D eigenvalue weighted by molar-refractivity contribution is 0.285. The van der Waals surface area contributed by atoms with E-state index in [0.717, 1.165) is 5.56 Å². The van der Waals surface area contributed by atoms with E-state index in [9.17, 15) is 0 Å². The van der Waals surface area contributed by atoms with Gasteiger partial charge in [-0.15, -0.1) is 0 Å². The Labute approximate surface area is 83.0 Å². The fourth-order valence-corrected chi connectivity index (χ4v) is 1.15. The molecule has 1 aromatic rings. The average Bonchev–Trinajstić information content (AvgIpc) is 2.60. The molecule has 1 heterocycles. The van der Waals surface area contributed by atoms with Crippen molar-refractivity contribution in [3.8, 4) is 6.07 Å². The number of nitriles is 1. The largest absolute Gasteiger partial charge is 0.396 e. The molecular weight excluding hydrogens is 180 g/mol. The van der Waals surface area contributed by atoms with Gasteiger partial charge in [0.1, 0.15) is 6.04 Å². The normalized spacial score (nSPS) is 12.4. The predicted octanol–water partition coefficient (Wildman–Crippen LogP) is -0.0432. The summed E-state index contributed by atoms with van der Waals surface area (Å²) >= 11 is 0. The first-order valence-corrected chi connectivity index (χ1v) is 4.50. The highest BCUT2D eigenvalue weighted by Gasteiger charge is 2.10. The number of aromatic nitrogens is 2. The number of hydrogen-bond acceptors (Lipinski definition) is 4. The molecule has 0 bridgehead atoms. The van der Waals surface area contributed by atoms with Crippen molar-refractivity contribution in [1.82, 2.24) is 15.1 Å². The van der Waals surface area contributed by atoms with Gasteiger partial charge in [0, 0.05) is 25.4 Å². The fourth-order valence-electron chi connectivity index (χ4n) is 1.15. The van der Waals surface area contributed by atoms with Crippen LogP contribution in [0.25, 0.3) is 0 Å². The molecule has 1 unspecified atom stereocenters. The number of hydrogen-bond donors (Lipinski definition) is 2. The van der Waals surface area contributed by atoms with E-state index in [1.165, 1.54) is 0 Å². The molecule has 0 saturated carbocycles. The van der Waals surface area contributed by atoms with Gasteiger partial charge >= 0.3 is 0 Å². The Morgan fingerprint density at radius 3 is 3.07 bits per heavy atom. The lowest BCUT2D eigenvalue weighted by Gasteiger charge is -2.07. The van der Waals surface area contributed by atoms with Gasteiger partial charge < -0.3 is 5.11 Å². The van der Waals surface area contributed by atoms with Crippen molar-refractivity contribution in [2.45, 2.75) is 12.5 Å². The smallest absolute Gasteiger partial charge is 0.124 e. The summed E-state index contributed by atoms with van der Waals surface area (Å²) < 4.78 is 1.66. The van der Waals surface area contributed by atoms with Gasteiger partial charge in [-0.25, -0.2) is 0 Å². The minimum absolute atomic E-state index is 0.137. The molecule has 0 saturated heterocycles. The number of aryl methyl sites for hydroxylation is 1. The van der Waals surface area contributed by atoms with Crippen LogP contribution in [0.15, 0.2) is 12.4 Å². The average molecular weight is 194 g/mol. The maximum absolute atomic E-state index is 8.88. The minimum Gasteiger partial charge on any atom is -0.396 e. The molecule has 0 aromatic carbocycles. The maximum Gasteiger partial charge on any atom is 0.124 e. The molecule has 0 fully saturated rings. The van der Waals surface area contributed by atoms with Crippen LogP contribution in [0.4, 0.5) is 0 Å². The monoisotopic (exact) mass is 194 g/mol. The summed E-state index contributed by atoms with van der Waals surface area (Å²) in [6, 6.07) is 1.81. The van der Waals surface area contributed by atoms with Gasteiger partial charge in [0.05, 0.1) is 12.3 Å². The number of aliphatic hydroxyl groups excluding tert-OH is 1. The summed E-state index contributed by atoms with van der Waals surface area (Å²) in [6.07, 6.45) is 4.12. The maximum atomic E-state index is 8.88. The fraction of sp³-hybridized carbons (Fsp3) is 0.556. The number of nitrogens with one attached hydrogen (secondary N) is 1. The van der Waals surface area contributed by atoms with Gasteiger partial charge in [-0.05, 0) is 13.0 Å². The molecule has 1 atom stereocenters. The zero-order chi connectivity index (χ0) is 10.4. The summed E-state index contributed by atoms with van der Waals surface area (Å²) in [5, 5.41) is 24.5. The van der Waals surface area contributed by atoms with E-state index in [-0.39, 0.29) is 12.6 Å². The second kappa shape index (κ2) is 5.37. The van der Waals surface area contributed by atoms with Crippen molar-refractivity contribution in [3.05, 3.63) is 18.0 Å². The second-order valence-corrected chi connectivity index (χ2v) is 3.04. The van der Waals surface area contributed by atoms with E-state index in [1.807, 2.05) is 7.05 Å². The molecule has 0 aliphatic heterocycles. The molecular formula is C9H14N4O. The topological polar surface area (TPSA) is 73.9 Å². The van der Waals surface area contributed by atoms with E-state index < -0.39 is 0 Å². The first kappa shape index (κ1) is 10.7. The van der Waals surface area contributed by atoms with E-state index in [0.29, 0.717) is 13.0 Å². The molecule has 76 valence electrons. The van der Waals surface area contributed by atoms with Crippen molar-refractivity contribution >= 4 is 0 Å². The van der Waals surface area contributed by atoms with Gasteiger partial charge in [0.15, 0.2) is 0 Å². The highest BCUT2D eigenvalue weighted by atomic mass is 16.3. The van der Waals surface area contributed by atoms with E-state index in [1.54, 1.807) is 17.1 Å². The lowest BCUT2D eigenvalue weighted by Crippen LogP contribution is -2.21. The quantitative estimate of drug-likeness (QED) is 0.645. The molecule has 0 aliphatic rings. The Bertz CT molecular complexity index is 315. The third-order valence-electron chi connectivity index (χ3n) is 1.87. The van der Waals surface area contributed by atoms with Crippen LogP contribution >= 0.6 is 0 Å². The zero-order valence-corrected chi connectivity index (χ0v) is 8.14. The Balaban J connectivity index is 2.51. The summed E-state index contributed by atoms with van der Waals surface area (Å²) in [5.41, 5.74) is 0.855. The van der Waals surface area contributed by atoms with Crippen molar-refractivity contribution in [1.29, 1.82) is 5.26 Å². The molecule has 0 spiro atoms. The van der Waals surface area contributed by atoms with Gasteiger partial charge in [-0.1, -0.05) is 0 Å². The first-order chi connectivity index (χ1) is 6.77. The van der Waals surface area contributed by atoms with Crippen LogP contribution in [0.1, 0.15) is 18.0 Å². The molecule has 0 amide bonds. The van der Waals surface area contributed by atoms with Crippen LogP contribution in [0.3, 0.4) is 0 Å². The molecule has 5 nitrogen and oxygen atoms in total. The van der Waals surface area contributed by atoms with Crippen LogP contribution in [-0.2, 0) is 7.05 Å². The van der Waals surface area contributed by atoms with Gasteiger partial charge in [0.25, 0.3) is 0 Å². The number of nitrogens with zero attached hydrogens (tertiary/aromatic N) is 3. The summed E-state index contributed by atoms with van der Waals surface area (Å²) in [6.45, 7) is 0.766. The van der Waals surface area contributed by atoms with Crippen LogP contribution in [0.5, 0.6) is 0 Å². The van der Waals surface area contributed by atoms with Crippen LogP contribution in [0.2, 0.25) is 0 Å². The van der Waals surface area contributed by atoms with Gasteiger partial charge in [0.2, 0.25) is 0 Å². The molecule has 5 heteroatoms. The Morgan fingerprint density at radius 1 is 1.79 bits per heavy atom. The van der Waals surface area contributed by atoms with E-state index >= 15 is 0 Å². The lowest BCUT2D eigenvalue weighted by atomic mass is 10.2. The SMILES string of the molecule is Cn1cc(C(C#N)NCCCO)cn1. The number of rotatable bonds is 5. The first-order valence-electron chi connectivity index (χ1n) is 4.50. The highest BCUT2D eigenvalue weighted by Crippen LogP contribution is 2.09. The molecule has 0 aliphatic carbocycles. The predicted molar refractivity (Wildman–Crippen MR) is 51.3 cm³/mol. The van der Waals surface area contributed by atoms with E-state index in [4.69, 9.17) is 10.4 Å². The number of aliphatic hydroxyl groups is 1. The van der Waals surface area contributed by atoms with Crippen LogP contribution in [0, 0.1) is 11.3 Å². The molecule has 2 N–H and O–H groups in total. The zero-order valence-electron chi connectivity index (χ0n) is 8.14. The standard InChI is InChI=1S/C9H14N4O/c1-13-7-8(6-12-13)9(5-10)11-3-2-4-14/h6-7,9,11,14H,2-4H2,1H3. The Kier molecular flexibility index (Phi) is 4.11. The van der Waals surface area contributed by atoms with Crippen LogP contribution in [-0.4, -0.2) is 28.0 Å². The molecule has 0 radical (unpaired) electrons. The summed E-state index contributed by atoms with van der Waals surface area (Å²) in [4.78, 5) is 0. The minimum atomic E-state index is -0.338. The molecule has 1 rings (SSSR count). The molecule has 14 heavy (non-hydrogen) atoms. The van der Waals surface area contributed by atoms with E-state index in [2.05, 4.69) is 16.5 Å². The van der Waals surface area contributed by atoms with Crippen LogP contribution < -0.4 is 5.32 Å².